The van der Waals surface area contributed by atoms with Crippen molar-refractivity contribution in [2.45, 2.75) is 42.6 Å². The Morgan fingerprint density at radius 2 is 1.49 bits per heavy atom. The van der Waals surface area contributed by atoms with Gasteiger partial charge in [-0.15, -0.1) is 0 Å². The number of carbonyl (C=O) groups excluding carboxylic acids is 1. The summed E-state index contributed by atoms with van der Waals surface area (Å²) in [6.07, 6.45) is -0.951. The van der Waals surface area contributed by atoms with Gasteiger partial charge in [-0.05, 0) is 56.2 Å². The highest BCUT2D eigenvalue weighted by atomic mass is 32.2. The normalized spacial score (nSPS) is 16.0. The number of ether oxygens (including phenoxy) is 2. The molecule has 0 bridgehead atoms. The van der Waals surface area contributed by atoms with Crippen molar-refractivity contribution in [3.63, 3.8) is 0 Å². The van der Waals surface area contributed by atoms with Crippen LogP contribution in [0.25, 0.3) is 11.1 Å². The lowest BCUT2D eigenvalue weighted by atomic mass is 10.1. The standard InChI is InChI=1S/C28H35N3O7S/c1-27(2,3)38-26(34)31-19-17-30(18-20-31)16-6-5-15-28(29,25(32)33)39(35,36)24-13-9-22(10-14-24)21-7-11-23(37-4)12-8-21/h7-14H,15-20,29H2,1-4H3,(H,32,33). The van der Waals surface area contributed by atoms with Crippen molar-refractivity contribution in [3.8, 4) is 28.7 Å². The van der Waals surface area contributed by atoms with E-state index in [0.29, 0.717) is 31.9 Å². The van der Waals surface area contributed by atoms with Crippen LogP contribution in [-0.2, 0) is 19.4 Å². The zero-order valence-corrected chi connectivity index (χ0v) is 23.5. The van der Waals surface area contributed by atoms with Gasteiger partial charge in [0.25, 0.3) is 0 Å². The van der Waals surface area contributed by atoms with Gasteiger partial charge in [0.15, 0.2) is 0 Å². The van der Waals surface area contributed by atoms with E-state index in [2.05, 4.69) is 11.8 Å². The molecule has 1 fully saturated rings. The van der Waals surface area contributed by atoms with Crippen molar-refractivity contribution in [3.05, 3.63) is 48.5 Å². The Bertz CT molecular complexity index is 1330. The Morgan fingerprint density at radius 3 is 1.97 bits per heavy atom. The Labute approximate surface area is 229 Å². The lowest BCUT2D eigenvalue weighted by molar-refractivity contribution is -0.139. The molecule has 1 amide bonds. The van der Waals surface area contributed by atoms with Crippen molar-refractivity contribution in [2.24, 2.45) is 5.73 Å². The van der Waals surface area contributed by atoms with Crippen molar-refractivity contribution >= 4 is 21.9 Å². The predicted molar refractivity (Wildman–Crippen MR) is 147 cm³/mol. The number of carbonyl (C=O) groups is 2. The zero-order valence-electron chi connectivity index (χ0n) is 22.6. The first kappa shape index (κ1) is 30.0. The quantitative estimate of drug-likeness (QED) is 0.492. The first-order chi connectivity index (χ1) is 18.3. The van der Waals surface area contributed by atoms with E-state index in [-0.39, 0.29) is 17.5 Å². The van der Waals surface area contributed by atoms with Crippen LogP contribution < -0.4 is 10.5 Å². The number of carboxylic acid groups (broad SMARTS) is 1. The number of rotatable bonds is 7. The van der Waals surface area contributed by atoms with E-state index >= 15 is 0 Å². The lowest BCUT2D eigenvalue weighted by Crippen LogP contribution is -2.54. The van der Waals surface area contributed by atoms with Crippen molar-refractivity contribution in [1.29, 1.82) is 0 Å². The van der Waals surface area contributed by atoms with Gasteiger partial charge in [0.2, 0.25) is 14.7 Å². The van der Waals surface area contributed by atoms with Gasteiger partial charge in [-0.2, -0.15) is 0 Å². The number of hydrogen-bond donors (Lipinski definition) is 2. The highest BCUT2D eigenvalue weighted by molar-refractivity contribution is 7.93. The maximum atomic E-state index is 13.3. The minimum Gasteiger partial charge on any atom is -0.497 e. The fourth-order valence-electron chi connectivity index (χ4n) is 3.88. The molecule has 3 rings (SSSR count). The van der Waals surface area contributed by atoms with Gasteiger partial charge >= 0.3 is 12.1 Å². The van der Waals surface area contributed by atoms with Gasteiger partial charge in [0, 0.05) is 26.2 Å². The summed E-state index contributed by atoms with van der Waals surface area (Å²) >= 11 is 0. The molecule has 210 valence electrons. The molecule has 11 heteroatoms. The fourth-order valence-corrected chi connectivity index (χ4v) is 5.29. The van der Waals surface area contributed by atoms with Crippen molar-refractivity contribution < 1.29 is 32.6 Å². The summed E-state index contributed by atoms with van der Waals surface area (Å²) in [5.41, 5.74) is 7.00. The summed E-state index contributed by atoms with van der Waals surface area (Å²) in [6.45, 7) is 7.75. The first-order valence-electron chi connectivity index (χ1n) is 12.4. The molecule has 3 N–H and O–H groups in total. The van der Waals surface area contributed by atoms with Gasteiger partial charge in [-0.25, -0.2) is 18.0 Å². The van der Waals surface area contributed by atoms with Crippen LogP contribution in [0.3, 0.4) is 0 Å². The Balaban J connectivity index is 1.64. The molecule has 0 saturated carbocycles. The van der Waals surface area contributed by atoms with Crippen LogP contribution in [0, 0.1) is 11.8 Å². The largest absolute Gasteiger partial charge is 0.497 e. The van der Waals surface area contributed by atoms with Crippen LogP contribution in [-0.4, -0.2) is 85.7 Å². The molecule has 39 heavy (non-hydrogen) atoms. The molecular formula is C28H35N3O7S. The molecular weight excluding hydrogens is 522 g/mol. The topological polar surface area (TPSA) is 139 Å². The maximum Gasteiger partial charge on any atom is 0.410 e. The second-order valence-corrected chi connectivity index (χ2v) is 12.4. The number of hydrogen-bond acceptors (Lipinski definition) is 8. The second kappa shape index (κ2) is 12.1. The molecule has 0 aromatic heterocycles. The van der Waals surface area contributed by atoms with Gasteiger partial charge in [0.05, 0.1) is 25.0 Å². The SMILES string of the molecule is COc1ccc(-c2ccc(S(=O)(=O)C(N)(CC#CCN3CCN(C(=O)OC(C)(C)C)CC3)C(=O)O)cc2)cc1. The molecule has 0 aliphatic carbocycles. The summed E-state index contributed by atoms with van der Waals surface area (Å²) in [5, 5.41) is 9.78. The maximum absolute atomic E-state index is 13.3. The number of benzene rings is 2. The zero-order chi connectivity index (χ0) is 28.8. The van der Waals surface area contributed by atoms with Crippen LogP contribution >= 0.6 is 0 Å². The van der Waals surface area contributed by atoms with Gasteiger partial charge in [-0.3, -0.25) is 4.90 Å². The van der Waals surface area contributed by atoms with Crippen LogP contribution in [0.2, 0.25) is 0 Å². The number of amides is 1. The van der Waals surface area contributed by atoms with Crippen LogP contribution in [0.5, 0.6) is 5.75 Å². The van der Waals surface area contributed by atoms with Gasteiger partial charge < -0.3 is 25.2 Å². The fraction of sp³-hybridized carbons (Fsp3) is 0.429. The molecule has 1 aliphatic heterocycles. The molecule has 1 atom stereocenters. The average Bonchev–Trinajstić information content (AvgIpc) is 2.90. The number of piperazine rings is 1. The van der Waals surface area contributed by atoms with Crippen LogP contribution in [0.4, 0.5) is 4.79 Å². The molecule has 1 saturated heterocycles. The molecule has 1 heterocycles. The highest BCUT2D eigenvalue weighted by Crippen LogP contribution is 2.28. The molecule has 0 radical (unpaired) electrons. The third-order valence-corrected chi connectivity index (χ3v) is 8.40. The lowest BCUT2D eigenvalue weighted by Gasteiger charge is -2.34. The molecule has 1 unspecified atom stereocenters. The monoisotopic (exact) mass is 557 g/mol. The van der Waals surface area contributed by atoms with E-state index in [1.54, 1.807) is 36.3 Å². The van der Waals surface area contributed by atoms with E-state index in [9.17, 15) is 23.1 Å². The van der Waals surface area contributed by atoms with E-state index in [4.69, 9.17) is 15.2 Å². The first-order valence-corrected chi connectivity index (χ1v) is 13.9. The van der Waals surface area contributed by atoms with Crippen molar-refractivity contribution in [1.82, 2.24) is 9.80 Å². The molecule has 2 aromatic rings. The number of sulfone groups is 1. The van der Waals surface area contributed by atoms with Gasteiger partial charge in [-0.1, -0.05) is 36.1 Å². The minimum absolute atomic E-state index is 0.204. The summed E-state index contributed by atoms with van der Waals surface area (Å²) in [7, 11) is -2.90. The Hall–Kier alpha value is -3.59. The molecule has 10 nitrogen and oxygen atoms in total. The molecule has 0 spiro atoms. The Morgan fingerprint density at radius 1 is 0.949 bits per heavy atom. The minimum atomic E-state index is -4.46. The molecule has 2 aromatic carbocycles. The average molecular weight is 558 g/mol. The number of methoxy groups -OCH3 is 1. The smallest absolute Gasteiger partial charge is 0.410 e. The Kier molecular flexibility index (Phi) is 9.27. The molecule has 1 aliphatic rings. The highest BCUT2D eigenvalue weighted by Gasteiger charge is 2.48. The second-order valence-electron chi connectivity index (χ2n) is 10.2. The third-order valence-electron chi connectivity index (χ3n) is 6.23. The number of carboxylic acids is 1. The number of aliphatic carboxylic acids is 1. The van der Waals surface area contributed by atoms with Crippen molar-refractivity contribution in [2.75, 3.05) is 39.8 Å². The van der Waals surface area contributed by atoms with E-state index in [0.717, 1.165) is 11.1 Å². The number of nitrogens with zero attached hydrogens (tertiary/aromatic N) is 2. The summed E-state index contributed by atoms with van der Waals surface area (Å²) < 4.78 is 37.1. The summed E-state index contributed by atoms with van der Waals surface area (Å²) in [4.78, 5) is 25.0. The number of nitrogens with two attached hydrogens (primary N) is 1. The van der Waals surface area contributed by atoms with Gasteiger partial charge in [0.1, 0.15) is 11.4 Å². The summed E-state index contributed by atoms with van der Waals surface area (Å²) in [6, 6.07) is 13.1. The van der Waals surface area contributed by atoms with Crippen LogP contribution in [0.1, 0.15) is 27.2 Å². The summed E-state index contributed by atoms with van der Waals surface area (Å²) in [5.74, 6) is 4.50. The van der Waals surface area contributed by atoms with E-state index < -0.39 is 32.7 Å². The van der Waals surface area contributed by atoms with Crippen LogP contribution in [0.15, 0.2) is 53.4 Å². The third kappa shape index (κ3) is 7.29. The van der Waals surface area contributed by atoms with E-state index in [1.807, 2.05) is 37.8 Å². The van der Waals surface area contributed by atoms with E-state index in [1.165, 1.54) is 12.1 Å². The predicted octanol–water partition coefficient (Wildman–Crippen LogP) is 2.82.